The molecule has 104 valence electrons. The van der Waals surface area contributed by atoms with E-state index in [0.717, 1.165) is 28.8 Å². The molecule has 3 nitrogen and oxygen atoms in total. The minimum Gasteiger partial charge on any atom is -0.331 e. The first-order valence-electron chi connectivity index (χ1n) is 6.92. The van der Waals surface area contributed by atoms with Gasteiger partial charge in [0.25, 0.3) is 5.91 Å². The molecule has 1 aliphatic rings. The normalized spacial score (nSPS) is 14.3. The largest absolute Gasteiger partial charge is 0.331 e. The third kappa shape index (κ3) is 2.75. The maximum Gasteiger partial charge on any atom is 0.255 e. The van der Waals surface area contributed by atoms with Crippen LogP contribution in [0.2, 0.25) is 0 Å². The molecule has 2 aromatic rings. The summed E-state index contributed by atoms with van der Waals surface area (Å²) in [6, 6.07) is 6.39. The van der Waals surface area contributed by atoms with Gasteiger partial charge in [-0.1, -0.05) is 0 Å². The van der Waals surface area contributed by atoms with E-state index in [1.54, 1.807) is 23.7 Å². The Bertz CT molecular complexity index is 617. The Kier molecular flexibility index (Phi) is 3.57. The monoisotopic (exact) mass is 286 g/mol. The summed E-state index contributed by atoms with van der Waals surface area (Å²) in [6.07, 6.45) is 5.81. The number of pyridine rings is 1. The summed E-state index contributed by atoms with van der Waals surface area (Å²) in [5.41, 5.74) is 2.01. The van der Waals surface area contributed by atoms with E-state index in [1.807, 2.05) is 30.0 Å². The minimum atomic E-state index is 0.172. The van der Waals surface area contributed by atoms with Crippen molar-refractivity contribution < 1.29 is 4.79 Å². The SMILES string of the molecule is Cc1cc(C(=O)N(Cc2ccncc2)C2CC2)c(C)s1. The van der Waals surface area contributed by atoms with Crippen LogP contribution < -0.4 is 0 Å². The van der Waals surface area contributed by atoms with Gasteiger partial charge in [0.05, 0.1) is 5.56 Å². The third-order valence-corrected chi connectivity index (χ3v) is 4.59. The first-order valence-corrected chi connectivity index (χ1v) is 7.73. The molecule has 4 heteroatoms. The summed E-state index contributed by atoms with van der Waals surface area (Å²) in [5.74, 6) is 0.172. The lowest BCUT2D eigenvalue weighted by molar-refractivity contribution is 0.0729. The molecule has 0 unspecified atom stereocenters. The van der Waals surface area contributed by atoms with Crippen molar-refractivity contribution in [3.05, 3.63) is 51.5 Å². The molecule has 0 radical (unpaired) electrons. The fraction of sp³-hybridized carbons (Fsp3) is 0.375. The van der Waals surface area contributed by atoms with Crippen LogP contribution >= 0.6 is 11.3 Å². The van der Waals surface area contributed by atoms with Crippen molar-refractivity contribution in [1.29, 1.82) is 0 Å². The maximum atomic E-state index is 12.8. The predicted octanol–water partition coefficient (Wildman–Crippen LogP) is 3.56. The Morgan fingerprint density at radius 3 is 2.60 bits per heavy atom. The number of amides is 1. The van der Waals surface area contributed by atoms with Gasteiger partial charge in [-0.2, -0.15) is 0 Å². The summed E-state index contributed by atoms with van der Waals surface area (Å²) < 4.78 is 0. The maximum absolute atomic E-state index is 12.8. The van der Waals surface area contributed by atoms with Crippen molar-refractivity contribution in [2.75, 3.05) is 0 Å². The Hall–Kier alpha value is -1.68. The molecule has 0 atom stereocenters. The van der Waals surface area contributed by atoms with Crippen LogP contribution in [-0.2, 0) is 6.54 Å². The third-order valence-electron chi connectivity index (χ3n) is 3.62. The van der Waals surface area contributed by atoms with Crippen LogP contribution in [0.5, 0.6) is 0 Å². The number of nitrogens with zero attached hydrogens (tertiary/aromatic N) is 2. The van der Waals surface area contributed by atoms with Gasteiger partial charge in [0, 0.05) is 34.7 Å². The van der Waals surface area contributed by atoms with Crippen LogP contribution in [-0.4, -0.2) is 21.8 Å². The highest BCUT2D eigenvalue weighted by Crippen LogP contribution is 2.31. The number of carbonyl (C=O) groups excluding carboxylic acids is 1. The van der Waals surface area contributed by atoms with Crippen LogP contribution in [0.3, 0.4) is 0 Å². The molecule has 0 saturated heterocycles. The average molecular weight is 286 g/mol. The number of hydrogen-bond acceptors (Lipinski definition) is 3. The van der Waals surface area contributed by atoms with Crippen molar-refractivity contribution in [2.45, 2.75) is 39.3 Å². The zero-order valence-corrected chi connectivity index (χ0v) is 12.6. The van der Waals surface area contributed by atoms with E-state index in [4.69, 9.17) is 0 Å². The number of thiophene rings is 1. The van der Waals surface area contributed by atoms with E-state index >= 15 is 0 Å². The lowest BCUT2D eigenvalue weighted by Gasteiger charge is -2.22. The second kappa shape index (κ2) is 5.37. The molecule has 1 amide bonds. The van der Waals surface area contributed by atoms with E-state index < -0.39 is 0 Å². The van der Waals surface area contributed by atoms with Gasteiger partial charge in [-0.15, -0.1) is 11.3 Å². The molecule has 1 aliphatic carbocycles. The minimum absolute atomic E-state index is 0.172. The topological polar surface area (TPSA) is 33.2 Å². The number of hydrogen-bond donors (Lipinski definition) is 0. The van der Waals surface area contributed by atoms with E-state index in [-0.39, 0.29) is 5.91 Å². The molecular formula is C16H18N2OS. The molecule has 20 heavy (non-hydrogen) atoms. The Labute approximate surface area is 123 Å². The Balaban J connectivity index is 1.84. The van der Waals surface area contributed by atoms with E-state index in [0.29, 0.717) is 12.6 Å². The Morgan fingerprint density at radius 1 is 1.35 bits per heavy atom. The summed E-state index contributed by atoms with van der Waals surface area (Å²) in [6.45, 7) is 4.77. The highest BCUT2D eigenvalue weighted by molar-refractivity contribution is 7.12. The molecule has 0 spiro atoms. The molecule has 1 fully saturated rings. The summed E-state index contributed by atoms with van der Waals surface area (Å²) >= 11 is 1.70. The molecule has 3 rings (SSSR count). The van der Waals surface area contributed by atoms with Gasteiger partial charge in [0.15, 0.2) is 0 Å². The summed E-state index contributed by atoms with van der Waals surface area (Å²) in [7, 11) is 0. The molecule has 0 bridgehead atoms. The summed E-state index contributed by atoms with van der Waals surface area (Å²) in [5, 5.41) is 0. The first kappa shape index (κ1) is 13.3. The van der Waals surface area contributed by atoms with Crippen molar-refractivity contribution in [1.82, 2.24) is 9.88 Å². The van der Waals surface area contributed by atoms with Crippen LogP contribution in [0.1, 0.15) is 38.5 Å². The molecule has 1 saturated carbocycles. The van der Waals surface area contributed by atoms with Crippen molar-refractivity contribution in [3.8, 4) is 0 Å². The second-order valence-electron chi connectivity index (χ2n) is 5.35. The average Bonchev–Trinajstić information content (AvgIpc) is 3.22. The van der Waals surface area contributed by atoms with E-state index in [9.17, 15) is 4.79 Å². The summed E-state index contributed by atoms with van der Waals surface area (Å²) in [4.78, 5) is 21.1. The van der Waals surface area contributed by atoms with Crippen LogP contribution in [0.15, 0.2) is 30.6 Å². The van der Waals surface area contributed by atoms with Gasteiger partial charge in [0.2, 0.25) is 0 Å². The Morgan fingerprint density at radius 2 is 2.05 bits per heavy atom. The van der Waals surface area contributed by atoms with Gasteiger partial charge < -0.3 is 4.90 Å². The number of rotatable bonds is 4. The lowest BCUT2D eigenvalue weighted by Crippen LogP contribution is -2.32. The highest BCUT2D eigenvalue weighted by Gasteiger charge is 2.33. The van der Waals surface area contributed by atoms with E-state index in [2.05, 4.69) is 11.9 Å². The molecular weight excluding hydrogens is 268 g/mol. The highest BCUT2D eigenvalue weighted by atomic mass is 32.1. The first-order chi connectivity index (χ1) is 9.65. The molecule has 0 N–H and O–H groups in total. The van der Waals surface area contributed by atoms with Crippen molar-refractivity contribution in [3.63, 3.8) is 0 Å². The zero-order chi connectivity index (χ0) is 14.1. The van der Waals surface area contributed by atoms with E-state index in [1.165, 1.54) is 4.88 Å². The van der Waals surface area contributed by atoms with Gasteiger partial charge in [-0.3, -0.25) is 9.78 Å². The number of carbonyl (C=O) groups is 1. The van der Waals surface area contributed by atoms with Crippen molar-refractivity contribution in [2.24, 2.45) is 0 Å². The van der Waals surface area contributed by atoms with Crippen LogP contribution in [0.4, 0.5) is 0 Å². The fourth-order valence-electron chi connectivity index (χ4n) is 2.44. The quantitative estimate of drug-likeness (QED) is 0.861. The fourth-order valence-corrected chi connectivity index (χ4v) is 3.35. The lowest BCUT2D eigenvalue weighted by atomic mass is 10.2. The molecule has 2 aromatic heterocycles. The molecule has 2 heterocycles. The number of aryl methyl sites for hydroxylation is 2. The van der Waals surface area contributed by atoms with Gasteiger partial charge in [-0.25, -0.2) is 0 Å². The van der Waals surface area contributed by atoms with Gasteiger partial charge >= 0.3 is 0 Å². The predicted molar refractivity (Wildman–Crippen MR) is 80.9 cm³/mol. The zero-order valence-electron chi connectivity index (χ0n) is 11.8. The standard InChI is InChI=1S/C16H18N2OS/c1-11-9-15(12(2)20-11)16(19)18(14-3-4-14)10-13-5-7-17-8-6-13/h5-9,14H,3-4,10H2,1-2H3. The smallest absolute Gasteiger partial charge is 0.255 e. The van der Waals surface area contributed by atoms with Crippen molar-refractivity contribution >= 4 is 17.2 Å². The van der Waals surface area contributed by atoms with Crippen LogP contribution in [0.25, 0.3) is 0 Å². The van der Waals surface area contributed by atoms with Gasteiger partial charge in [0.1, 0.15) is 0 Å². The molecule has 0 aromatic carbocycles. The second-order valence-corrected chi connectivity index (χ2v) is 6.81. The van der Waals surface area contributed by atoms with Crippen LogP contribution in [0, 0.1) is 13.8 Å². The van der Waals surface area contributed by atoms with Gasteiger partial charge in [-0.05, 0) is 50.5 Å². The molecule has 0 aliphatic heterocycles. The number of aromatic nitrogens is 1.